The lowest BCUT2D eigenvalue weighted by Crippen LogP contribution is -2.10. The van der Waals surface area contributed by atoms with Crippen molar-refractivity contribution in [3.63, 3.8) is 0 Å². The van der Waals surface area contributed by atoms with Crippen LogP contribution in [0.25, 0.3) is 10.9 Å². The third-order valence-corrected chi connectivity index (χ3v) is 3.34. The highest BCUT2D eigenvalue weighted by Gasteiger charge is 2.03. The van der Waals surface area contributed by atoms with Gasteiger partial charge in [0.25, 0.3) is 0 Å². The summed E-state index contributed by atoms with van der Waals surface area (Å²) in [6.45, 7) is 5.05. The number of anilines is 2. The van der Waals surface area contributed by atoms with E-state index in [-0.39, 0.29) is 0 Å². The number of para-hydroxylation sites is 1. The van der Waals surface area contributed by atoms with Crippen molar-refractivity contribution in [3.8, 4) is 0 Å². The number of nitrogens with one attached hydrogen (secondary N) is 3. The lowest BCUT2D eigenvalue weighted by Gasteiger charge is -2.06. The second kappa shape index (κ2) is 6.71. The van der Waals surface area contributed by atoms with Crippen LogP contribution in [0.3, 0.4) is 0 Å². The van der Waals surface area contributed by atoms with Gasteiger partial charge in [-0.15, -0.1) is 11.7 Å². The van der Waals surface area contributed by atoms with Crippen molar-refractivity contribution >= 4 is 22.7 Å². The SMILES string of the molecule is C=CCNc1cnnc(NCCc2c[nH]c3ccccc23)n1. The fraction of sp³-hybridized carbons (Fsp3) is 0.188. The van der Waals surface area contributed by atoms with Gasteiger partial charge in [0.2, 0.25) is 5.95 Å². The van der Waals surface area contributed by atoms with Crippen molar-refractivity contribution in [2.24, 2.45) is 0 Å². The topological polar surface area (TPSA) is 78.5 Å². The van der Waals surface area contributed by atoms with Gasteiger partial charge >= 0.3 is 0 Å². The zero-order chi connectivity index (χ0) is 15.2. The maximum Gasteiger partial charge on any atom is 0.244 e. The Kier molecular flexibility index (Phi) is 4.29. The average molecular weight is 294 g/mol. The quantitative estimate of drug-likeness (QED) is 0.584. The number of hydrogen-bond donors (Lipinski definition) is 3. The molecule has 3 aromatic rings. The highest BCUT2D eigenvalue weighted by Crippen LogP contribution is 2.18. The molecule has 6 nitrogen and oxygen atoms in total. The number of nitrogens with zero attached hydrogens (tertiary/aromatic N) is 3. The van der Waals surface area contributed by atoms with Crippen LogP contribution in [0.5, 0.6) is 0 Å². The van der Waals surface area contributed by atoms with E-state index in [0.717, 1.165) is 18.5 Å². The molecule has 0 aliphatic heterocycles. The molecule has 0 amide bonds. The molecule has 3 rings (SSSR count). The lowest BCUT2D eigenvalue weighted by atomic mass is 10.1. The molecule has 2 aromatic heterocycles. The molecule has 22 heavy (non-hydrogen) atoms. The first kappa shape index (κ1) is 14.1. The molecule has 0 unspecified atom stereocenters. The van der Waals surface area contributed by atoms with Crippen molar-refractivity contribution in [3.05, 3.63) is 54.9 Å². The van der Waals surface area contributed by atoms with E-state index in [1.165, 1.54) is 10.9 Å². The summed E-state index contributed by atoms with van der Waals surface area (Å²) < 4.78 is 0. The number of aromatic amines is 1. The van der Waals surface area contributed by atoms with Gasteiger partial charge in [0.15, 0.2) is 5.82 Å². The Labute approximate surface area is 128 Å². The molecule has 6 heteroatoms. The van der Waals surface area contributed by atoms with Crippen LogP contribution >= 0.6 is 0 Å². The number of aromatic nitrogens is 4. The minimum Gasteiger partial charge on any atom is -0.365 e. The molecule has 0 atom stereocenters. The van der Waals surface area contributed by atoms with Crippen LogP contribution in [0.1, 0.15) is 5.56 Å². The van der Waals surface area contributed by atoms with Crippen LogP contribution in [-0.4, -0.2) is 33.3 Å². The third-order valence-electron chi connectivity index (χ3n) is 3.34. The zero-order valence-corrected chi connectivity index (χ0v) is 12.2. The number of rotatable bonds is 7. The molecule has 2 heterocycles. The molecule has 1 aromatic carbocycles. The Bertz CT molecular complexity index is 764. The van der Waals surface area contributed by atoms with Crippen LogP contribution in [0.15, 0.2) is 49.3 Å². The van der Waals surface area contributed by atoms with Gasteiger partial charge in [-0.2, -0.15) is 10.1 Å². The van der Waals surface area contributed by atoms with E-state index < -0.39 is 0 Å². The fourth-order valence-electron chi connectivity index (χ4n) is 2.29. The zero-order valence-electron chi connectivity index (χ0n) is 12.2. The molecule has 3 N–H and O–H groups in total. The van der Waals surface area contributed by atoms with Crippen molar-refractivity contribution in [1.82, 2.24) is 20.2 Å². The summed E-state index contributed by atoms with van der Waals surface area (Å²) in [5, 5.41) is 15.4. The van der Waals surface area contributed by atoms with Crippen LogP contribution in [0.4, 0.5) is 11.8 Å². The van der Waals surface area contributed by atoms with Gasteiger partial charge in [0.1, 0.15) is 0 Å². The molecular formula is C16H18N6. The van der Waals surface area contributed by atoms with Gasteiger partial charge in [-0.1, -0.05) is 24.3 Å². The highest BCUT2D eigenvalue weighted by atomic mass is 15.3. The molecule has 0 spiro atoms. The predicted molar refractivity (Wildman–Crippen MR) is 89.0 cm³/mol. The van der Waals surface area contributed by atoms with Crippen LogP contribution in [-0.2, 0) is 6.42 Å². The van der Waals surface area contributed by atoms with Gasteiger partial charge in [-0.05, 0) is 18.1 Å². The largest absolute Gasteiger partial charge is 0.365 e. The summed E-state index contributed by atoms with van der Waals surface area (Å²) in [7, 11) is 0. The minimum absolute atomic E-state index is 0.522. The van der Waals surface area contributed by atoms with Crippen molar-refractivity contribution in [1.29, 1.82) is 0 Å². The molecular weight excluding hydrogens is 276 g/mol. The van der Waals surface area contributed by atoms with Crippen LogP contribution in [0, 0.1) is 0 Å². The predicted octanol–water partition coefficient (Wildman–Crippen LogP) is 2.61. The minimum atomic E-state index is 0.522. The van der Waals surface area contributed by atoms with E-state index in [2.05, 4.69) is 55.6 Å². The Balaban J connectivity index is 1.60. The Hall–Kier alpha value is -2.89. The fourth-order valence-corrected chi connectivity index (χ4v) is 2.29. The highest BCUT2D eigenvalue weighted by molar-refractivity contribution is 5.83. The van der Waals surface area contributed by atoms with Gasteiger partial charge in [-0.3, -0.25) is 0 Å². The summed E-state index contributed by atoms with van der Waals surface area (Å²) in [6, 6.07) is 8.28. The molecule has 0 fully saturated rings. The lowest BCUT2D eigenvalue weighted by molar-refractivity contribution is 0.928. The monoisotopic (exact) mass is 294 g/mol. The first-order valence-corrected chi connectivity index (χ1v) is 7.20. The Morgan fingerprint density at radius 1 is 1.23 bits per heavy atom. The summed E-state index contributed by atoms with van der Waals surface area (Å²) in [5.74, 6) is 1.21. The maximum atomic E-state index is 4.34. The summed E-state index contributed by atoms with van der Waals surface area (Å²) in [4.78, 5) is 7.62. The van der Waals surface area contributed by atoms with Gasteiger partial charge in [0, 0.05) is 30.2 Å². The van der Waals surface area contributed by atoms with Gasteiger partial charge in [-0.25, -0.2) is 0 Å². The van der Waals surface area contributed by atoms with Gasteiger partial charge in [0.05, 0.1) is 6.20 Å². The first-order chi connectivity index (χ1) is 10.9. The van der Waals surface area contributed by atoms with E-state index in [9.17, 15) is 0 Å². The summed E-state index contributed by atoms with van der Waals surface area (Å²) in [6.07, 6.45) is 6.30. The third kappa shape index (κ3) is 3.22. The Morgan fingerprint density at radius 2 is 2.14 bits per heavy atom. The van der Waals surface area contributed by atoms with E-state index in [1.54, 1.807) is 12.3 Å². The second-order valence-electron chi connectivity index (χ2n) is 4.87. The molecule has 112 valence electrons. The average Bonchev–Trinajstić information content (AvgIpc) is 2.97. The molecule has 0 aliphatic rings. The van der Waals surface area contributed by atoms with E-state index in [0.29, 0.717) is 18.3 Å². The van der Waals surface area contributed by atoms with E-state index >= 15 is 0 Å². The molecule has 0 saturated heterocycles. The normalized spacial score (nSPS) is 10.5. The van der Waals surface area contributed by atoms with Crippen molar-refractivity contribution in [2.45, 2.75) is 6.42 Å². The Morgan fingerprint density at radius 3 is 3.05 bits per heavy atom. The standard InChI is InChI=1S/C16H18N6/c1-2-8-17-15-11-20-22-16(21-15)18-9-7-12-10-19-14-6-4-3-5-13(12)14/h2-6,10-11,19H,1,7-9H2,(H2,17,18,21,22). The number of hydrogen-bond acceptors (Lipinski definition) is 5. The number of benzene rings is 1. The van der Waals surface area contributed by atoms with Gasteiger partial charge < -0.3 is 15.6 Å². The first-order valence-electron chi connectivity index (χ1n) is 7.20. The van der Waals surface area contributed by atoms with E-state index in [4.69, 9.17) is 0 Å². The maximum absolute atomic E-state index is 4.34. The second-order valence-corrected chi connectivity index (χ2v) is 4.87. The number of fused-ring (bicyclic) bond motifs is 1. The van der Waals surface area contributed by atoms with Crippen LogP contribution in [0.2, 0.25) is 0 Å². The molecule has 0 bridgehead atoms. The molecule has 0 radical (unpaired) electrons. The van der Waals surface area contributed by atoms with Crippen LogP contribution < -0.4 is 10.6 Å². The molecule has 0 saturated carbocycles. The summed E-state index contributed by atoms with van der Waals surface area (Å²) >= 11 is 0. The van der Waals surface area contributed by atoms with E-state index in [1.807, 2.05) is 12.3 Å². The van der Waals surface area contributed by atoms with Crippen molar-refractivity contribution < 1.29 is 0 Å². The number of H-pyrrole nitrogens is 1. The summed E-state index contributed by atoms with van der Waals surface area (Å²) in [5.41, 5.74) is 2.43. The smallest absolute Gasteiger partial charge is 0.244 e. The van der Waals surface area contributed by atoms with Crippen molar-refractivity contribution in [2.75, 3.05) is 23.7 Å². The molecule has 0 aliphatic carbocycles.